The minimum absolute atomic E-state index is 0.151. The van der Waals surface area contributed by atoms with Crippen LogP contribution in [0.3, 0.4) is 0 Å². The van der Waals surface area contributed by atoms with Crippen molar-refractivity contribution in [1.82, 2.24) is 47.2 Å². The number of imidazole rings is 1. The molecule has 0 bridgehead atoms. The van der Waals surface area contributed by atoms with Crippen molar-refractivity contribution in [2.75, 3.05) is 13.2 Å². The van der Waals surface area contributed by atoms with Gasteiger partial charge in [-0.15, -0.1) is 0 Å². The van der Waals surface area contributed by atoms with Crippen molar-refractivity contribution in [3.63, 3.8) is 0 Å². The van der Waals surface area contributed by atoms with Crippen LogP contribution < -0.4 is 48.7 Å². The molecular weight excluding hydrogens is 839 g/mol. The van der Waals surface area contributed by atoms with E-state index in [2.05, 4.69) is 61.0 Å². The molecule has 23 nitrogen and oxygen atoms in total. The van der Waals surface area contributed by atoms with Crippen LogP contribution in [-0.2, 0) is 59.1 Å². The molecule has 1 aliphatic rings. The van der Waals surface area contributed by atoms with Crippen LogP contribution in [0.15, 0.2) is 12.4 Å². The first-order chi connectivity index (χ1) is 30.3. The van der Waals surface area contributed by atoms with Crippen LogP contribution in [0, 0.1) is 5.92 Å². The van der Waals surface area contributed by atoms with Gasteiger partial charge < -0.3 is 63.5 Å². The summed E-state index contributed by atoms with van der Waals surface area (Å²) in [5.74, 6) is -7.88. The van der Waals surface area contributed by atoms with E-state index in [0.29, 0.717) is 12.3 Å². The molecule has 0 spiro atoms. The number of aliphatic hydroxyl groups excluding tert-OH is 1. The zero-order valence-electron chi connectivity index (χ0n) is 37.1. The molecule has 0 saturated carbocycles. The van der Waals surface area contributed by atoms with Crippen LogP contribution >= 0.6 is 0 Å². The Hall–Kier alpha value is -6.13. The molecule has 358 valence electrons. The van der Waals surface area contributed by atoms with Crippen molar-refractivity contribution in [1.29, 1.82) is 0 Å². The molecule has 7 unspecified atom stereocenters. The van der Waals surface area contributed by atoms with E-state index in [4.69, 9.17) is 16.2 Å². The summed E-state index contributed by atoms with van der Waals surface area (Å²) in [5.41, 5.74) is 10.5. The van der Waals surface area contributed by atoms with Gasteiger partial charge in [0.1, 0.15) is 48.7 Å². The van der Waals surface area contributed by atoms with Gasteiger partial charge in [-0.1, -0.05) is 58.8 Å². The molecule has 0 aliphatic carbocycles. The van der Waals surface area contributed by atoms with Crippen molar-refractivity contribution in [3.8, 4) is 0 Å². The van der Waals surface area contributed by atoms with E-state index < -0.39 is 121 Å². The number of carbonyl (C=O) groups excluding carboxylic acids is 10. The molecular formula is C41H67N11O12. The Balaban J connectivity index is 2.10. The number of H-pyrrole nitrogens is 1. The summed E-state index contributed by atoms with van der Waals surface area (Å²) in [6.45, 7) is 5.43. The Morgan fingerprint density at radius 2 is 1.33 bits per heavy atom. The fourth-order valence-corrected chi connectivity index (χ4v) is 6.47. The van der Waals surface area contributed by atoms with Gasteiger partial charge in [0.2, 0.25) is 53.2 Å². The van der Waals surface area contributed by atoms with Crippen molar-refractivity contribution < 1.29 is 57.8 Å². The second-order valence-electron chi connectivity index (χ2n) is 16.3. The standard InChI is InChI=1S/C41H67N11O12/c1-23(2)12-10-8-6-5-7-9-11-13-33(56)52-35(25(4)53)40(62)46-21-34(57)47-24(3)36(58)51-29-22-64-41(63)27(15-17-31(43)55)49-37(59)26(14-16-30(42)54)48-38(60)28(50-39(29)61)20-32-44-18-19-45-32/h18-19,23-29,35,53H,5-17,20-22H2,1-4H3,(H2,42,54)(H2,43,55)(H,44,45)(H,46,62)(H,47,57)(H,48,60)(H,49,59)(H,50,61)(H,51,58)(H,52,56). The van der Waals surface area contributed by atoms with E-state index >= 15 is 0 Å². The predicted molar refractivity (Wildman–Crippen MR) is 228 cm³/mol. The summed E-state index contributed by atoms with van der Waals surface area (Å²) >= 11 is 0. The zero-order chi connectivity index (χ0) is 47.8. The van der Waals surface area contributed by atoms with Crippen LogP contribution in [0.5, 0.6) is 0 Å². The molecule has 7 atom stereocenters. The molecule has 1 aromatic heterocycles. The number of aliphatic hydroxyl groups is 1. The molecule has 1 aliphatic heterocycles. The molecule has 2 heterocycles. The normalized spacial score (nSPS) is 19.7. The van der Waals surface area contributed by atoms with Crippen molar-refractivity contribution in [3.05, 3.63) is 18.2 Å². The number of primary amides is 2. The zero-order valence-corrected chi connectivity index (χ0v) is 37.1. The van der Waals surface area contributed by atoms with Crippen molar-refractivity contribution in [2.24, 2.45) is 17.4 Å². The van der Waals surface area contributed by atoms with E-state index in [9.17, 15) is 53.1 Å². The number of amides is 9. The SMILES string of the molecule is CC(C)CCCCCCCCCC(=O)NC(C(=O)NCC(=O)NC(C)C(=O)NC1COC(=O)C(CCC(N)=O)NC(=O)C(CCC(N)=O)NC(=O)C(Cc2ncc[nH]2)NC1=O)C(C)O. The molecule has 0 aromatic carbocycles. The maximum absolute atomic E-state index is 13.7. The van der Waals surface area contributed by atoms with Gasteiger partial charge in [0.05, 0.1) is 12.6 Å². The average Bonchev–Trinajstić information content (AvgIpc) is 3.74. The first kappa shape index (κ1) is 54.0. The number of hydrogen-bond acceptors (Lipinski definition) is 13. The van der Waals surface area contributed by atoms with E-state index in [1.807, 2.05) is 0 Å². The third-order valence-electron chi connectivity index (χ3n) is 10.2. The molecule has 64 heavy (non-hydrogen) atoms. The number of aromatic nitrogens is 2. The molecule has 1 aromatic rings. The van der Waals surface area contributed by atoms with Gasteiger partial charge in [0.25, 0.3) is 0 Å². The molecule has 2 rings (SSSR count). The van der Waals surface area contributed by atoms with E-state index in [-0.39, 0.29) is 37.9 Å². The highest BCUT2D eigenvalue weighted by Crippen LogP contribution is 2.13. The summed E-state index contributed by atoms with van der Waals surface area (Å²) in [7, 11) is 0. The van der Waals surface area contributed by atoms with Gasteiger partial charge in [-0.25, -0.2) is 9.78 Å². The fourth-order valence-electron chi connectivity index (χ4n) is 6.47. The summed E-state index contributed by atoms with van der Waals surface area (Å²) < 4.78 is 5.32. The molecule has 1 fully saturated rings. The van der Waals surface area contributed by atoms with Crippen LogP contribution in [0.1, 0.15) is 117 Å². The fraction of sp³-hybridized carbons (Fsp3) is 0.683. The van der Waals surface area contributed by atoms with Crippen LogP contribution in [-0.4, -0.2) is 130 Å². The van der Waals surface area contributed by atoms with Crippen LogP contribution in [0.25, 0.3) is 0 Å². The Bertz CT molecular complexity index is 1740. The second kappa shape index (κ2) is 28.5. The van der Waals surface area contributed by atoms with Gasteiger partial charge in [0.15, 0.2) is 0 Å². The van der Waals surface area contributed by atoms with Gasteiger partial charge >= 0.3 is 5.97 Å². The van der Waals surface area contributed by atoms with Gasteiger partial charge in [-0.05, 0) is 39.0 Å². The van der Waals surface area contributed by atoms with Crippen LogP contribution in [0.2, 0.25) is 0 Å². The minimum atomic E-state index is -1.71. The summed E-state index contributed by atoms with van der Waals surface area (Å²) in [4.78, 5) is 136. The second-order valence-corrected chi connectivity index (χ2v) is 16.3. The molecule has 23 heteroatoms. The van der Waals surface area contributed by atoms with Crippen LogP contribution in [0.4, 0.5) is 0 Å². The lowest BCUT2D eigenvalue weighted by Gasteiger charge is -2.25. The topological polar surface area (TPSA) is 365 Å². The van der Waals surface area contributed by atoms with E-state index in [1.165, 1.54) is 45.5 Å². The molecule has 0 radical (unpaired) electrons. The Morgan fingerprint density at radius 1 is 0.750 bits per heavy atom. The monoisotopic (exact) mass is 905 g/mol. The highest BCUT2D eigenvalue weighted by Gasteiger charge is 2.35. The maximum atomic E-state index is 13.7. The number of ether oxygens (including phenoxy) is 1. The lowest BCUT2D eigenvalue weighted by Crippen LogP contribution is -2.59. The number of esters is 1. The lowest BCUT2D eigenvalue weighted by molar-refractivity contribution is -0.150. The number of nitrogens with zero attached hydrogens (tertiary/aromatic N) is 1. The van der Waals surface area contributed by atoms with E-state index in [1.54, 1.807) is 0 Å². The minimum Gasteiger partial charge on any atom is -0.461 e. The highest BCUT2D eigenvalue weighted by atomic mass is 16.5. The number of unbranched alkanes of at least 4 members (excludes halogenated alkanes) is 6. The van der Waals surface area contributed by atoms with E-state index in [0.717, 1.165) is 25.7 Å². The predicted octanol–water partition coefficient (Wildman–Crippen LogP) is -2.37. The Kier molecular flexibility index (Phi) is 24.1. The number of nitrogens with two attached hydrogens (primary N) is 2. The largest absolute Gasteiger partial charge is 0.461 e. The number of rotatable bonds is 26. The quantitative estimate of drug-likeness (QED) is 0.0343. The number of nitrogens with one attached hydrogen (secondary N) is 8. The first-order valence-electron chi connectivity index (χ1n) is 21.7. The Morgan fingerprint density at radius 3 is 1.92 bits per heavy atom. The number of aromatic amines is 1. The number of carbonyl (C=O) groups is 10. The number of hydrogen-bond donors (Lipinski definition) is 11. The molecule has 1 saturated heterocycles. The molecule has 13 N–H and O–H groups in total. The lowest BCUT2D eigenvalue weighted by atomic mass is 10.0. The number of cyclic esters (lactones) is 1. The van der Waals surface area contributed by atoms with Gasteiger partial charge in [0, 0.05) is 38.1 Å². The van der Waals surface area contributed by atoms with Gasteiger partial charge in [-0.2, -0.15) is 0 Å². The third-order valence-corrected chi connectivity index (χ3v) is 10.2. The highest BCUT2D eigenvalue weighted by molar-refractivity contribution is 5.97. The first-order valence-corrected chi connectivity index (χ1v) is 21.7. The van der Waals surface area contributed by atoms with Crippen molar-refractivity contribution in [2.45, 2.75) is 160 Å². The van der Waals surface area contributed by atoms with Crippen molar-refractivity contribution >= 4 is 59.1 Å². The third kappa shape index (κ3) is 21.3. The molecule has 9 amide bonds. The average molecular weight is 906 g/mol. The van der Waals surface area contributed by atoms with Gasteiger partial charge in [-0.3, -0.25) is 43.2 Å². The maximum Gasteiger partial charge on any atom is 0.328 e. The smallest absolute Gasteiger partial charge is 0.328 e. The summed E-state index contributed by atoms with van der Waals surface area (Å²) in [6, 6.07) is -8.90. The summed E-state index contributed by atoms with van der Waals surface area (Å²) in [5, 5.41) is 27.0. The summed E-state index contributed by atoms with van der Waals surface area (Å²) in [6.07, 6.45) is 8.25. The Labute approximate surface area is 372 Å².